The number of methoxy groups -OCH3 is 1. The molecule has 0 radical (unpaired) electrons. The van der Waals surface area contributed by atoms with Crippen LogP contribution in [0, 0.1) is 12.8 Å². The van der Waals surface area contributed by atoms with Crippen LogP contribution < -0.4 is 15.0 Å². The quantitative estimate of drug-likeness (QED) is 0.392. The van der Waals surface area contributed by atoms with Crippen molar-refractivity contribution in [3.63, 3.8) is 0 Å². The largest absolute Gasteiger partial charge is 0.490 e. The Kier molecular flexibility index (Phi) is 12.5. The van der Waals surface area contributed by atoms with Crippen LogP contribution in [0.4, 0.5) is 5.69 Å². The van der Waals surface area contributed by atoms with E-state index in [1.54, 1.807) is 7.11 Å². The van der Waals surface area contributed by atoms with Gasteiger partial charge in [0.1, 0.15) is 5.75 Å². The van der Waals surface area contributed by atoms with Crippen molar-refractivity contribution in [1.82, 2.24) is 10.2 Å². The van der Waals surface area contributed by atoms with Gasteiger partial charge in [0.25, 0.3) is 0 Å². The number of hydrogen-bond acceptors (Lipinski definition) is 6. The molecule has 7 nitrogen and oxygen atoms in total. The van der Waals surface area contributed by atoms with Crippen molar-refractivity contribution in [2.24, 2.45) is 5.92 Å². The maximum atomic E-state index is 13.4. The molecule has 2 aromatic carbocycles. The molecule has 1 aliphatic heterocycles. The highest BCUT2D eigenvalue weighted by Gasteiger charge is 2.30. The van der Waals surface area contributed by atoms with Crippen LogP contribution in [0.3, 0.4) is 0 Å². The standard InChI is InChI=1S/C31H45N3O4.ClH/c1-23-18-28(11-8-27(23)21-34-15-14-32-24(2)20-34)33(3)31(35)26-9-12-29(13-10-26)38-30-7-5-6-25(19-30)22-37-17-16-36-4;/h5-8,11,18-19,24,26,29,32H,9-10,12-17,20-22H2,1-4H3;1H/t24-,26?,29?;/m0./s1. The number of carbonyl (C=O) groups excluding carboxylic acids is 1. The van der Waals surface area contributed by atoms with E-state index in [-0.39, 0.29) is 30.3 Å². The maximum Gasteiger partial charge on any atom is 0.229 e. The average Bonchev–Trinajstić information content (AvgIpc) is 2.92. The van der Waals surface area contributed by atoms with Crippen molar-refractivity contribution >= 4 is 24.0 Å². The molecule has 1 saturated heterocycles. The maximum absolute atomic E-state index is 13.4. The monoisotopic (exact) mass is 559 g/mol. The fourth-order valence-electron chi connectivity index (χ4n) is 5.52. The van der Waals surface area contributed by atoms with Gasteiger partial charge in [0, 0.05) is 58.0 Å². The number of carbonyl (C=O) groups is 1. The van der Waals surface area contributed by atoms with Gasteiger partial charge in [0.05, 0.1) is 25.9 Å². The molecule has 8 heteroatoms. The van der Waals surface area contributed by atoms with Crippen LogP contribution in [0.25, 0.3) is 0 Å². The van der Waals surface area contributed by atoms with Crippen molar-refractivity contribution in [2.45, 2.75) is 64.8 Å². The van der Waals surface area contributed by atoms with Crippen LogP contribution in [0.15, 0.2) is 42.5 Å². The van der Waals surface area contributed by atoms with E-state index >= 15 is 0 Å². The van der Waals surface area contributed by atoms with Gasteiger partial charge in [-0.05, 0) is 80.5 Å². The van der Waals surface area contributed by atoms with Crippen LogP contribution >= 0.6 is 12.4 Å². The van der Waals surface area contributed by atoms with Gasteiger partial charge in [-0.2, -0.15) is 0 Å². The van der Waals surface area contributed by atoms with Gasteiger partial charge in [-0.1, -0.05) is 18.2 Å². The van der Waals surface area contributed by atoms with E-state index in [1.807, 2.05) is 36.2 Å². The van der Waals surface area contributed by atoms with Crippen molar-refractivity contribution in [1.29, 1.82) is 0 Å². The zero-order valence-electron chi connectivity index (χ0n) is 24.0. The van der Waals surface area contributed by atoms with Crippen molar-refractivity contribution in [3.8, 4) is 5.75 Å². The molecule has 1 atom stereocenters. The van der Waals surface area contributed by atoms with E-state index in [0.29, 0.717) is 25.9 Å². The van der Waals surface area contributed by atoms with Gasteiger partial charge in [-0.15, -0.1) is 12.4 Å². The molecular formula is C31H46ClN3O4. The summed E-state index contributed by atoms with van der Waals surface area (Å²) >= 11 is 0. The molecule has 2 aromatic rings. The van der Waals surface area contributed by atoms with Crippen molar-refractivity contribution in [2.75, 3.05) is 51.9 Å². The number of benzene rings is 2. The number of amides is 1. The van der Waals surface area contributed by atoms with E-state index < -0.39 is 0 Å². The molecule has 39 heavy (non-hydrogen) atoms. The summed E-state index contributed by atoms with van der Waals surface area (Å²) in [5.41, 5.74) is 4.66. The Morgan fingerprint density at radius 3 is 2.62 bits per heavy atom. The van der Waals surface area contributed by atoms with Gasteiger partial charge in [-0.3, -0.25) is 9.69 Å². The van der Waals surface area contributed by atoms with E-state index in [2.05, 4.69) is 42.3 Å². The van der Waals surface area contributed by atoms with Gasteiger partial charge >= 0.3 is 0 Å². The first-order chi connectivity index (χ1) is 18.4. The fourth-order valence-corrected chi connectivity index (χ4v) is 5.52. The predicted octanol–water partition coefficient (Wildman–Crippen LogP) is 4.97. The van der Waals surface area contributed by atoms with Gasteiger partial charge in [0.2, 0.25) is 5.91 Å². The molecule has 1 saturated carbocycles. The molecular weight excluding hydrogens is 514 g/mol. The minimum Gasteiger partial charge on any atom is -0.490 e. The van der Waals surface area contributed by atoms with Gasteiger partial charge in [0.15, 0.2) is 0 Å². The lowest BCUT2D eigenvalue weighted by molar-refractivity contribution is -0.123. The minimum absolute atomic E-state index is 0. The molecule has 1 N–H and O–H groups in total. The van der Waals surface area contributed by atoms with Crippen LogP contribution in [0.5, 0.6) is 5.75 Å². The highest BCUT2D eigenvalue weighted by molar-refractivity contribution is 5.94. The number of anilines is 1. The molecule has 0 unspecified atom stereocenters. The number of rotatable bonds is 11. The number of ether oxygens (including phenoxy) is 3. The lowest BCUT2D eigenvalue weighted by Gasteiger charge is -2.32. The molecule has 216 valence electrons. The molecule has 1 heterocycles. The molecule has 4 rings (SSSR count). The molecule has 0 spiro atoms. The Hall–Kier alpha value is -2.16. The first kappa shape index (κ1) is 31.4. The first-order valence-electron chi connectivity index (χ1n) is 14.1. The topological polar surface area (TPSA) is 63.3 Å². The summed E-state index contributed by atoms with van der Waals surface area (Å²) < 4.78 is 16.9. The van der Waals surface area contributed by atoms with Crippen molar-refractivity contribution in [3.05, 3.63) is 59.2 Å². The lowest BCUT2D eigenvalue weighted by atomic mass is 9.86. The van der Waals surface area contributed by atoms with E-state index in [1.165, 1.54) is 11.1 Å². The summed E-state index contributed by atoms with van der Waals surface area (Å²) in [7, 11) is 3.59. The second-order valence-electron chi connectivity index (χ2n) is 10.9. The number of piperazine rings is 1. The van der Waals surface area contributed by atoms with Crippen LogP contribution in [0.1, 0.15) is 49.3 Å². The summed E-state index contributed by atoms with van der Waals surface area (Å²) in [6.07, 6.45) is 3.63. The molecule has 1 amide bonds. The Balaban J connectivity index is 0.00000420. The molecule has 2 fully saturated rings. The first-order valence-corrected chi connectivity index (χ1v) is 14.1. The number of halogens is 1. The highest BCUT2D eigenvalue weighted by Crippen LogP contribution is 2.31. The third-order valence-corrected chi connectivity index (χ3v) is 7.82. The zero-order chi connectivity index (χ0) is 26.9. The van der Waals surface area contributed by atoms with Crippen molar-refractivity contribution < 1.29 is 19.0 Å². The van der Waals surface area contributed by atoms with Crippen LogP contribution in [-0.4, -0.2) is 70.0 Å². The molecule has 2 aliphatic rings. The normalized spacial score (nSPS) is 21.7. The smallest absolute Gasteiger partial charge is 0.229 e. The zero-order valence-corrected chi connectivity index (χ0v) is 24.8. The van der Waals surface area contributed by atoms with Crippen LogP contribution in [0.2, 0.25) is 0 Å². The summed E-state index contributed by atoms with van der Waals surface area (Å²) in [5.74, 6) is 1.12. The van der Waals surface area contributed by atoms with E-state index in [0.717, 1.165) is 68.9 Å². The SMILES string of the molecule is COCCOCc1cccc(OC2CCC(C(=O)N(C)c3ccc(CN4CCN[C@@H](C)C4)c(C)c3)CC2)c1.Cl. The summed E-state index contributed by atoms with van der Waals surface area (Å²) in [5, 5.41) is 3.51. The number of aryl methyl sites for hydroxylation is 1. The Morgan fingerprint density at radius 2 is 1.90 bits per heavy atom. The summed E-state index contributed by atoms with van der Waals surface area (Å²) in [4.78, 5) is 17.7. The van der Waals surface area contributed by atoms with E-state index in [9.17, 15) is 4.79 Å². The lowest BCUT2D eigenvalue weighted by Crippen LogP contribution is -2.48. The van der Waals surface area contributed by atoms with Gasteiger partial charge in [-0.25, -0.2) is 0 Å². The third-order valence-electron chi connectivity index (χ3n) is 7.82. The second-order valence-corrected chi connectivity index (χ2v) is 10.9. The molecule has 0 aromatic heterocycles. The third kappa shape index (κ3) is 9.19. The number of nitrogens with zero attached hydrogens (tertiary/aromatic N) is 2. The number of nitrogens with one attached hydrogen (secondary N) is 1. The molecule has 0 bridgehead atoms. The summed E-state index contributed by atoms with van der Waals surface area (Å²) in [6.45, 7) is 10.3. The average molecular weight is 560 g/mol. The fraction of sp³-hybridized carbons (Fsp3) is 0.581. The Morgan fingerprint density at radius 1 is 1.10 bits per heavy atom. The van der Waals surface area contributed by atoms with Gasteiger partial charge < -0.3 is 24.4 Å². The summed E-state index contributed by atoms with van der Waals surface area (Å²) in [6, 6.07) is 15.1. The Labute approximate surface area is 240 Å². The highest BCUT2D eigenvalue weighted by atomic mass is 35.5. The predicted molar refractivity (Wildman–Crippen MR) is 159 cm³/mol. The second kappa shape index (κ2) is 15.6. The Bertz CT molecular complexity index is 1040. The number of hydrogen-bond donors (Lipinski definition) is 1. The van der Waals surface area contributed by atoms with E-state index in [4.69, 9.17) is 14.2 Å². The van der Waals surface area contributed by atoms with Crippen LogP contribution in [-0.2, 0) is 27.4 Å². The molecule has 1 aliphatic carbocycles. The minimum atomic E-state index is 0.